The second kappa shape index (κ2) is 8.56. The lowest BCUT2D eigenvalue weighted by atomic mass is 9.81. The summed E-state index contributed by atoms with van der Waals surface area (Å²) < 4.78 is 11.2. The minimum absolute atomic E-state index is 0.0294. The van der Waals surface area contributed by atoms with E-state index in [0.717, 1.165) is 50.8 Å². The van der Waals surface area contributed by atoms with E-state index >= 15 is 0 Å². The Morgan fingerprint density at radius 1 is 1.28 bits per heavy atom. The molecule has 2 aromatic heterocycles. The van der Waals surface area contributed by atoms with Crippen LogP contribution in [0.25, 0.3) is 22.8 Å². The molecule has 9 heteroatoms. The molecule has 188 valence electrons. The van der Waals surface area contributed by atoms with Crippen LogP contribution in [0.4, 0.5) is 0 Å². The fourth-order valence-corrected chi connectivity index (χ4v) is 6.11. The van der Waals surface area contributed by atoms with E-state index < -0.39 is 11.4 Å². The lowest BCUT2D eigenvalue weighted by molar-refractivity contribution is -0.144. The molecule has 0 bridgehead atoms. The highest BCUT2D eigenvalue weighted by molar-refractivity contribution is 6.32. The first-order valence-electron chi connectivity index (χ1n) is 12.5. The molecule has 1 unspecified atom stereocenters. The summed E-state index contributed by atoms with van der Waals surface area (Å²) in [6, 6.07) is 8.06. The molecule has 3 aliphatic rings. The van der Waals surface area contributed by atoms with Crippen molar-refractivity contribution in [3.05, 3.63) is 46.6 Å². The molecule has 6 rings (SSSR count). The second-order valence-corrected chi connectivity index (χ2v) is 11.2. The SMILES string of the molecule is CC(C)Oc1ncc(-c2nc(-c3cccc4c3CCC43CCN(CC4(C(=O)O)CC4)C3)no2)cc1Cl. The first-order valence-corrected chi connectivity index (χ1v) is 12.9. The van der Waals surface area contributed by atoms with Gasteiger partial charge in [0.2, 0.25) is 11.7 Å². The van der Waals surface area contributed by atoms with Crippen LogP contribution in [-0.4, -0.2) is 56.8 Å². The smallest absolute Gasteiger partial charge is 0.310 e. The molecule has 1 spiro atoms. The van der Waals surface area contributed by atoms with Crippen molar-refractivity contribution in [1.29, 1.82) is 0 Å². The van der Waals surface area contributed by atoms with Gasteiger partial charge in [0, 0.05) is 30.3 Å². The van der Waals surface area contributed by atoms with Crippen molar-refractivity contribution < 1.29 is 19.2 Å². The number of aliphatic carboxylic acids is 1. The highest BCUT2D eigenvalue weighted by Gasteiger charge is 2.53. The predicted molar refractivity (Wildman–Crippen MR) is 134 cm³/mol. The van der Waals surface area contributed by atoms with Crippen LogP contribution in [0.2, 0.25) is 5.02 Å². The van der Waals surface area contributed by atoms with Crippen molar-refractivity contribution in [3.63, 3.8) is 0 Å². The van der Waals surface area contributed by atoms with Gasteiger partial charge in [-0.2, -0.15) is 4.98 Å². The quantitative estimate of drug-likeness (QED) is 0.476. The molecule has 0 amide bonds. The number of pyridine rings is 1. The maximum atomic E-state index is 11.7. The Bertz CT molecular complexity index is 1340. The van der Waals surface area contributed by atoms with Gasteiger partial charge in [-0.05, 0) is 69.7 Å². The molecule has 1 N–H and O–H groups in total. The Hall–Kier alpha value is -2.97. The van der Waals surface area contributed by atoms with E-state index in [2.05, 4.69) is 32.2 Å². The Morgan fingerprint density at radius 3 is 2.83 bits per heavy atom. The maximum absolute atomic E-state index is 11.7. The zero-order chi connectivity index (χ0) is 25.1. The summed E-state index contributed by atoms with van der Waals surface area (Å²) in [5.41, 5.74) is 3.78. The van der Waals surface area contributed by atoms with Crippen LogP contribution >= 0.6 is 11.6 Å². The van der Waals surface area contributed by atoms with Crippen LogP contribution in [0.5, 0.6) is 5.88 Å². The summed E-state index contributed by atoms with van der Waals surface area (Å²) >= 11 is 6.35. The number of nitrogens with zero attached hydrogens (tertiary/aromatic N) is 4. The highest BCUT2D eigenvalue weighted by atomic mass is 35.5. The van der Waals surface area contributed by atoms with Crippen molar-refractivity contribution in [2.75, 3.05) is 19.6 Å². The van der Waals surface area contributed by atoms with Crippen LogP contribution in [0.15, 0.2) is 35.0 Å². The Balaban J connectivity index is 1.24. The Kier molecular flexibility index (Phi) is 5.57. The van der Waals surface area contributed by atoms with Gasteiger partial charge in [0.15, 0.2) is 0 Å². The molecule has 1 saturated carbocycles. The van der Waals surface area contributed by atoms with Crippen LogP contribution in [0.3, 0.4) is 0 Å². The van der Waals surface area contributed by atoms with Crippen LogP contribution < -0.4 is 4.74 Å². The van der Waals surface area contributed by atoms with E-state index in [1.165, 1.54) is 11.1 Å². The maximum Gasteiger partial charge on any atom is 0.310 e. The lowest BCUT2D eigenvalue weighted by Gasteiger charge is -2.27. The summed E-state index contributed by atoms with van der Waals surface area (Å²) in [6.07, 6.45) is 6.23. The van der Waals surface area contributed by atoms with Crippen molar-refractivity contribution in [2.24, 2.45) is 5.41 Å². The molecule has 1 atom stereocenters. The monoisotopic (exact) mass is 508 g/mol. The molecule has 1 aromatic carbocycles. The fraction of sp³-hybridized carbons (Fsp3) is 0.481. The van der Waals surface area contributed by atoms with E-state index in [4.69, 9.17) is 20.9 Å². The topological polar surface area (TPSA) is 102 Å². The fourth-order valence-electron chi connectivity index (χ4n) is 5.90. The molecule has 3 aromatic rings. The molecule has 2 aliphatic carbocycles. The normalized spacial score (nSPS) is 22.3. The predicted octanol–water partition coefficient (Wildman–Crippen LogP) is 4.99. The summed E-state index contributed by atoms with van der Waals surface area (Å²) in [5.74, 6) is 0.637. The summed E-state index contributed by atoms with van der Waals surface area (Å²) in [4.78, 5) is 23.0. The number of ether oxygens (including phenoxy) is 1. The average molecular weight is 509 g/mol. The number of hydrogen-bond acceptors (Lipinski definition) is 7. The van der Waals surface area contributed by atoms with Gasteiger partial charge in [-0.15, -0.1) is 0 Å². The molecule has 1 saturated heterocycles. The highest BCUT2D eigenvalue weighted by Crippen LogP contribution is 2.51. The van der Waals surface area contributed by atoms with Gasteiger partial charge < -0.3 is 19.3 Å². The zero-order valence-corrected chi connectivity index (χ0v) is 21.2. The number of hydrogen-bond donors (Lipinski definition) is 1. The number of carboxylic acid groups (broad SMARTS) is 1. The number of aromatic nitrogens is 3. The van der Waals surface area contributed by atoms with Gasteiger partial charge in [0.1, 0.15) is 5.02 Å². The standard InChI is InChI=1S/C27H29ClN4O4/c1-16(2)35-24-21(28)12-17(13-29-24)23-30-22(31-36-23)19-4-3-5-20-18(19)6-7-26(20)10-11-32(14-26)15-27(8-9-27)25(33)34/h3-5,12-13,16H,6-11,14-15H2,1-2H3,(H,33,34). The largest absolute Gasteiger partial charge is 0.481 e. The summed E-state index contributed by atoms with van der Waals surface area (Å²) in [5, 5.41) is 14.3. The van der Waals surface area contributed by atoms with E-state index in [0.29, 0.717) is 34.7 Å². The average Bonchev–Trinajstić information content (AvgIpc) is 3.18. The first kappa shape index (κ1) is 23.4. The van der Waals surface area contributed by atoms with Crippen LogP contribution in [0.1, 0.15) is 50.7 Å². The molecule has 36 heavy (non-hydrogen) atoms. The lowest BCUT2D eigenvalue weighted by Crippen LogP contribution is -2.35. The number of likely N-dealkylation sites (tertiary alicyclic amines) is 1. The van der Waals surface area contributed by atoms with Crippen molar-refractivity contribution >= 4 is 17.6 Å². The van der Waals surface area contributed by atoms with Gasteiger partial charge in [0.25, 0.3) is 5.89 Å². The van der Waals surface area contributed by atoms with E-state index in [-0.39, 0.29) is 11.5 Å². The zero-order valence-electron chi connectivity index (χ0n) is 20.5. The molecule has 2 fully saturated rings. The third-order valence-electron chi connectivity index (χ3n) is 7.94. The number of halogens is 1. The Labute approximate surface area is 214 Å². The van der Waals surface area contributed by atoms with Crippen LogP contribution in [0, 0.1) is 5.41 Å². The number of carboxylic acids is 1. The van der Waals surface area contributed by atoms with Gasteiger partial charge in [0.05, 0.1) is 17.1 Å². The minimum Gasteiger partial charge on any atom is -0.481 e. The van der Waals surface area contributed by atoms with Crippen molar-refractivity contribution in [3.8, 4) is 28.7 Å². The summed E-state index contributed by atoms with van der Waals surface area (Å²) in [6.45, 7) is 6.34. The summed E-state index contributed by atoms with van der Waals surface area (Å²) in [7, 11) is 0. The molecular weight excluding hydrogens is 480 g/mol. The van der Waals surface area contributed by atoms with E-state index in [1.54, 1.807) is 12.3 Å². The molecule has 0 radical (unpaired) electrons. The number of benzene rings is 1. The third-order valence-corrected chi connectivity index (χ3v) is 8.21. The van der Waals surface area contributed by atoms with Crippen LogP contribution in [-0.2, 0) is 16.6 Å². The number of fused-ring (bicyclic) bond motifs is 2. The van der Waals surface area contributed by atoms with E-state index in [9.17, 15) is 9.90 Å². The van der Waals surface area contributed by atoms with Gasteiger partial charge >= 0.3 is 5.97 Å². The molecule has 8 nitrogen and oxygen atoms in total. The van der Waals surface area contributed by atoms with Gasteiger partial charge in [-0.1, -0.05) is 35.0 Å². The third kappa shape index (κ3) is 3.96. The molecule has 3 heterocycles. The minimum atomic E-state index is -0.649. The van der Waals surface area contributed by atoms with Gasteiger partial charge in [-0.3, -0.25) is 4.79 Å². The first-order chi connectivity index (χ1) is 17.3. The molecular formula is C27H29ClN4O4. The van der Waals surface area contributed by atoms with E-state index in [1.807, 2.05) is 19.9 Å². The van der Waals surface area contributed by atoms with Crippen molar-refractivity contribution in [1.82, 2.24) is 20.0 Å². The second-order valence-electron chi connectivity index (χ2n) is 10.8. The Morgan fingerprint density at radius 2 is 2.11 bits per heavy atom. The number of rotatable bonds is 7. The van der Waals surface area contributed by atoms with Gasteiger partial charge in [-0.25, -0.2) is 4.98 Å². The van der Waals surface area contributed by atoms with Crippen molar-refractivity contribution in [2.45, 2.75) is 57.5 Å². The molecule has 1 aliphatic heterocycles. The number of carbonyl (C=O) groups is 1.